The molecule has 2 rings (SSSR count). The largest absolute Gasteiger partial charge is 0.361 e. The number of carbonyl (C=O) groups is 1. The van der Waals surface area contributed by atoms with Gasteiger partial charge in [-0.05, 0) is 25.1 Å². The van der Waals surface area contributed by atoms with Crippen molar-refractivity contribution in [2.75, 3.05) is 5.32 Å². The number of hydrogen-bond acceptors (Lipinski definition) is 3. The molecule has 4 nitrogen and oxygen atoms in total. The van der Waals surface area contributed by atoms with Gasteiger partial charge in [0.05, 0.1) is 16.9 Å². The molecule has 0 spiro atoms. The maximum Gasteiger partial charge on any atom is 0.260 e. The topological polar surface area (TPSA) is 55.1 Å². The van der Waals surface area contributed by atoms with Gasteiger partial charge in [-0.15, -0.1) is 0 Å². The Kier molecular flexibility index (Phi) is 3.36. The van der Waals surface area contributed by atoms with Crippen LogP contribution in [0.5, 0.6) is 0 Å². The number of carbonyl (C=O) groups excluding carboxylic acids is 1. The minimum Gasteiger partial charge on any atom is -0.361 e. The number of anilines is 1. The van der Waals surface area contributed by atoms with Crippen molar-refractivity contribution in [3.63, 3.8) is 0 Å². The van der Waals surface area contributed by atoms with Crippen molar-refractivity contribution in [1.29, 1.82) is 0 Å². The second-order valence-corrected chi connectivity index (χ2v) is 4.22. The minimum absolute atomic E-state index is 0.340. The van der Waals surface area contributed by atoms with E-state index in [1.165, 1.54) is 6.20 Å². The van der Waals surface area contributed by atoms with Crippen LogP contribution in [0.1, 0.15) is 16.1 Å². The highest BCUT2D eigenvalue weighted by molar-refractivity contribution is 6.35. The van der Waals surface area contributed by atoms with Gasteiger partial charge in [0, 0.05) is 5.02 Å². The smallest absolute Gasteiger partial charge is 0.260 e. The van der Waals surface area contributed by atoms with E-state index in [-0.39, 0.29) is 5.91 Å². The van der Waals surface area contributed by atoms with Gasteiger partial charge in [-0.3, -0.25) is 4.79 Å². The van der Waals surface area contributed by atoms with Crippen molar-refractivity contribution in [2.45, 2.75) is 6.92 Å². The average Bonchev–Trinajstić information content (AvgIpc) is 2.70. The highest BCUT2D eigenvalue weighted by Gasteiger charge is 2.14. The molecule has 2 aromatic rings. The van der Waals surface area contributed by atoms with Gasteiger partial charge < -0.3 is 9.84 Å². The summed E-state index contributed by atoms with van der Waals surface area (Å²) in [4.78, 5) is 11.8. The maximum atomic E-state index is 11.8. The molecule has 17 heavy (non-hydrogen) atoms. The number of rotatable bonds is 2. The lowest BCUT2D eigenvalue weighted by atomic mass is 10.2. The number of halogens is 2. The van der Waals surface area contributed by atoms with E-state index in [2.05, 4.69) is 10.5 Å². The van der Waals surface area contributed by atoms with E-state index < -0.39 is 0 Å². The molecule has 1 heterocycles. The normalized spacial score (nSPS) is 10.3. The number of hydrogen-bond donors (Lipinski definition) is 1. The number of benzene rings is 1. The first-order valence-electron chi connectivity index (χ1n) is 4.75. The van der Waals surface area contributed by atoms with Crippen molar-refractivity contribution < 1.29 is 9.32 Å². The summed E-state index contributed by atoms with van der Waals surface area (Å²) in [6.07, 6.45) is 1.35. The molecular weight excluding hydrogens is 263 g/mol. The molecule has 1 N–H and O–H groups in total. The molecule has 6 heteroatoms. The molecule has 0 aliphatic carbocycles. The van der Waals surface area contributed by atoms with Crippen LogP contribution in [0.3, 0.4) is 0 Å². The molecule has 88 valence electrons. The predicted octanol–water partition coefficient (Wildman–Crippen LogP) is 3.54. The fourth-order valence-corrected chi connectivity index (χ4v) is 1.64. The predicted molar refractivity (Wildman–Crippen MR) is 65.7 cm³/mol. The Hall–Kier alpha value is -1.52. The Labute approximate surface area is 108 Å². The van der Waals surface area contributed by atoms with E-state index in [0.29, 0.717) is 27.1 Å². The van der Waals surface area contributed by atoms with Crippen molar-refractivity contribution in [3.05, 3.63) is 45.8 Å². The van der Waals surface area contributed by atoms with E-state index in [1.54, 1.807) is 25.1 Å². The molecule has 0 bridgehead atoms. The van der Waals surface area contributed by atoms with Crippen molar-refractivity contribution in [1.82, 2.24) is 5.16 Å². The second-order valence-electron chi connectivity index (χ2n) is 3.37. The van der Waals surface area contributed by atoms with Crippen LogP contribution in [0.25, 0.3) is 0 Å². The molecule has 1 aromatic carbocycles. The van der Waals surface area contributed by atoms with Gasteiger partial charge in [-0.1, -0.05) is 28.4 Å². The molecule has 0 atom stereocenters. The quantitative estimate of drug-likeness (QED) is 0.908. The Morgan fingerprint density at radius 2 is 2.18 bits per heavy atom. The summed E-state index contributed by atoms with van der Waals surface area (Å²) in [6, 6.07) is 4.83. The van der Waals surface area contributed by atoms with Crippen LogP contribution in [0.15, 0.2) is 28.9 Å². The third kappa shape index (κ3) is 2.60. The Morgan fingerprint density at radius 1 is 1.41 bits per heavy atom. The molecular formula is C11H8Cl2N2O2. The lowest BCUT2D eigenvalue weighted by molar-refractivity contribution is 0.102. The van der Waals surface area contributed by atoms with Gasteiger partial charge in [-0.25, -0.2) is 0 Å². The molecule has 0 aliphatic rings. The zero-order valence-electron chi connectivity index (χ0n) is 8.83. The SMILES string of the molecule is Cc1oncc1C(=O)Nc1cc(Cl)ccc1Cl. The van der Waals surface area contributed by atoms with Gasteiger partial charge in [-0.2, -0.15) is 0 Å². The van der Waals surface area contributed by atoms with Crippen LogP contribution < -0.4 is 5.32 Å². The van der Waals surface area contributed by atoms with Crippen LogP contribution in [-0.2, 0) is 0 Å². The highest BCUT2D eigenvalue weighted by atomic mass is 35.5. The van der Waals surface area contributed by atoms with E-state index in [1.807, 2.05) is 0 Å². The maximum absolute atomic E-state index is 11.8. The summed E-state index contributed by atoms with van der Waals surface area (Å²) >= 11 is 11.7. The van der Waals surface area contributed by atoms with Crippen LogP contribution >= 0.6 is 23.2 Å². The third-order valence-electron chi connectivity index (χ3n) is 2.17. The summed E-state index contributed by atoms with van der Waals surface area (Å²) < 4.78 is 4.81. The van der Waals surface area contributed by atoms with Crippen LogP contribution in [-0.4, -0.2) is 11.1 Å². The Bertz CT molecular complexity index is 566. The van der Waals surface area contributed by atoms with E-state index in [9.17, 15) is 4.79 Å². The number of nitrogens with zero attached hydrogens (tertiary/aromatic N) is 1. The Morgan fingerprint density at radius 3 is 2.82 bits per heavy atom. The minimum atomic E-state index is -0.340. The summed E-state index contributed by atoms with van der Waals surface area (Å²) in [5.41, 5.74) is 0.811. The van der Waals surface area contributed by atoms with E-state index in [0.717, 1.165) is 0 Å². The third-order valence-corrected chi connectivity index (χ3v) is 2.74. The first-order chi connectivity index (χ1) is 8.08. The fraction of sp³-hybridized carbons (Fsp3) is 0.0909. The standard InChI is InChI=1S/C11H8Cl2N2O2/c1-6-8(5-14-17-6)11(16)15-10-4-7(12)2-3-9(10)13/h2-5H,1H3,(H,15,16). The average molecular weight is 271 g/mol. The lowest BCUT2D eigenvalue weighted by Gasteiger charge is -2.06. The summed E-state index contributed by atoms with van der Waals surface area (Å²) in [5, 5.41) is 7.07. The lowest BCUT2D eigenvalue weighted by Crippen LogP contribution is -2.12. The molecule has 1 amide bonds. The van der Waals surface area contributed by atoms with Gasteiger partial charge in [0.1, 0.15) is 11.3 Å². The van der Waals surface area contributed by atoms with E-state index in [4.69, 9.17) is 27.7 Å². The van der Waals surface area contributed by atoms with E-state index >= 15 is 0 Å². The van der Waals surface area contributed by atoms with Crippen molar-refractivity contribution >= 4 is 34.8 Å². The zero-order valence-corrected chi connectivity index (χ0v) is 10.3. The van der Waals surface area contributed by atoms with Crippen molar-refractivity contribution in [3.8, 4) is 0 Å². The highest BCUT2D eigenvalue weighted by Crippen LogP contribution is 2.26. The number of aryl methyl sites for hydroxylation is 1. The molecule has 0 saturated carbocycles. The number of aromatic nitrogens is 1. The van der Waals surface area contributed by atoms with Gasteiger partial charge >= 0.3 is 0 Å². The van der Waals surface area contributed by atoms with Crippen LogP contribution in [0.4, 0.5) is 5.69 Å². The van der Waals surface area contributed by atoms with Crippen LogP contribution in [0, 0.1) is 6.92 Å². The first-order valence-corrected chi connectivity index (χ1v) is 5.51. The van der Waals surface area contributed by atoms with Gasteiger partial charge in [0.2, 0.25) is 0 Å². The zero-order chi connectivity index (χ0) is 12.4. The summed E-state index contributed by atoms with van der Waals surface area (Å²) in [6.45, 7) is 1.65. The van der Waals surface area contributed by atoms with Crippen LogP contribution in [0.2, 0.25) is 10.0 Å². The summed E-state index contributed by atoms with van der Waals surface area (Å²) in [7, 11) is 0. The molecule has 0 unspecified atom stereocenters. The van der Waals surface area contributed by atoms with Gasteiger partial charge in [0.15, 0.2) is 0 Å². The second kappa shape index (κ2) is 4.77. The fourth-order valence-electron chi connectivity index (χ4n) is 1.30. The molecule has 0 fully saturated rings. The number of amides is 1. The molecule has 0 saturated heterocycles. The molecule has 1 aromatic heterocycles. The molecule has 0 radical (unpaired) electrons. The monoisotopic (exact) mass is 270 g/mol. The first kappa shape index (κ1) is 12.0. The Balaban J connectivity index is 2.24. The number of nitrogens with one attached hydrogen (secondary N) is 1. The van der Waals surface area contributed by atoms with Crippen molar-refractivity contribution in [2.24, 2.45) is 0 Å². The summed E-state index contributed by atoms with van der Waals surface area (Å²) in [5.74, 6) is 0.105. The van der Waals surface area contributed by atoms with Gasteiger partial charge in [0.25, 0.3) is 5.91 Å². The molecule has 0 aliphatic heterocycles.